The van der Waals surface area contributed by atoms with Crippen molar-refractivity contribution >= 4 is 27.6 Å². The van der Waals surface area contributed by atoms with Crippen LogP contribution in [0.3, 0.4) is 0 Å². The zero-order valence-electron chi connectivity index (χ0n) is 16.8. The third-order valence-corrected chi connectivity index (χ3v) is 5.77. The summed E-state index contributed by atoms with van der Waals surface area (Å²) in [5, 5.41) is 2.76. The second-order valence-corrected chi connectivity index (χ2v) is 8.42. The van der Waals surface area contributed by atoms with E-state index in [0.29, 0.717) is 42.6 Å². The van der Waals surface area contributed by atoms with Crippen LogP contribution in [0.5, 0.6) is 0 Å². The maximum Gasteiger partial charge on any atom is 0.305 e. The minimum atomic E-state index is -3.82. The van der Waals surface area contributed by atoms with Gasteiger partial charge in [0.15, 0.2) is 0 Å². The molecule has 7 nitrogen and oxygen atoms in total. The van der Waals surface area contributed by atoms with E-state index in [2.05, 4.69) is 14.8 Å². The normalized spacial score (nSPS) is 11.0. The van der Waals surface area contributed by atoms with E-state index in [4.69, 9.17) is 0 Å². The Morgan fingerprint density at radius 3 is 2.34 bits per heavy atom. The van der Waals surface area contributed by atoms with E-state index in [9.17, 15) is 18.0 Å². The Hall–Kier alpha value is -2.87. The van der Waals surface area contributed by atoms with E-state index in [1.807, 2.05) is 19.1 Å². The Morgan fingerprint density at radius 1 is 1.00 bits per heavy atom. The molecular weight excluding hydrogens is 392 g/mol. The molecule has 8 heteroatoms. The summed E-state index contributed by atoms with van der Waals surface area (Å²) in [6.45, 7) is 4.04. The molecule has 0 saturated carbocycles. The fourth-order valence-electron chi connectivity index (χ4n) is 2.64. The van der Waals surface area contributed by atoms with Gasteiger partial charge in [0, 0.05) is 24.2 Å². The van der Waals surface area contributed by atoms with Crippen molar-refractivity contribution in [3.05, 3.63) is 59.2 Å². The molecule has 29 heavy (non-hydrogen) atoms. The van der Waals surface area contributed by atoms with E-state index in [0.717, 1.165) is 5.56 Å². The van der Waals surface area contributed by atoms with Crippen molar-refractivity contribution in [2.24, 2.45) is 0 Å². The van der Waals surface area contributed by atoms with Gasteiger partial charge in [-0.15, -0.1) is 0 Å². The van der Waals surface area contributed by atoms with Gasteiger partial charge in [-0.2, -0.15) is 0 Å². The summed E-state index contributed by atoms with van der Waals surface area (Å²) < 4.78 is 32.4. The summed E-state index contributed by atoms with van der Waals surface area (Å²) in [7, 11) is -2.49. The maximum absolute atomic E-state index is 12.7. The highest BCUT2D eigenvalue weighted by atomic mass is 32.2. The van der Waals surface area contributed by atoms with Gasteiger partial charge >= 0.3 is 5.97 Å². The number of unbranched alkanes of at least 4 members (excludes halogenated alkanes) is 1. The van der Waals surface area contributed by atoms with Crippen LogP contribution in [0.1, 0.15) is 40.7 Å². The quantitative estimate of drug-likeness (QED) is 0.481. The summed E-state index contributed by atoms with van der Waals surface area (Å²) in [6, 6.07) is 11.4. The van der Waals surface area contributed by atoms with E-state index in [-0.39, 0.29) is 16.8 Å². The fraction of sp³-hybridized carbons (Fsp3) is 0.333. The predicted molar refractivity (Wildman–Crippen MR) is 111 cm³/mol. The molecule has 0 aromatic heterocycles. The molecule has 0 unspecified atom stereocenters. The van der Waals surface area contributed by atoms with Crippen LogP contribution >= 0.6 is 0 Å². The van der Waals surface area contributed by atoms with Crippen LogP contribution in [0.4, 0.5) is 5.69 Å². The average molecular weight is 419 g/mol. The number of amides is 1. The van der Waals surface area contributed by atoms with Crippen molar-refractivity contribution in [3.8, 4) is 0 Å². The molecule has 2 aromatic rings. The average Bonchev–Trinajstić information content (AvgIpc) is 2.69. The van der Waals surface area contributed by atoms with Gasteiger partial charge < -0.3 is 10.1 Å². The van der Waals surface area contributed by atoms with Gasteiger partial charge in [-0.05, 0) is 56.5 Å². The van der Waals surface area contributed by atoms with Gasteiger partial charge in [0.05, 0.1) is 12.0 Å². The van der Waals surface area contributed by atoms with Crippen LogP contribution < -0.4 is 10.0 Å². The molecule has 0 aliphatic rings. The molecule has 0 aliphatic heterocycles. The van der Waals surface area contributed by atoms with Crippen molar-refractivity contribution in [1.82, 2.24) is 5.32 Å². The summed E-state index contributed by atoms with van der Waals surface area (Å²) in [5.41, 5.74) is 2.44. The van der Waals surface area contributed by atoms with Gasteiger partial charge in [-0.3, -0.25) is 14.3 Å². The number of benzene rings is 2. The first-order valence-corrected chi connectivity index (χ1v) is 10.8. The highest BCUT2D eigenvalue weighted by molar-refractivity contribution is 7.92. The van der Waals surface area contributed by atoms with Crippen molar-refractivity contribution in [2.75, 3.05) is 18.4 Å². The molecule has 0 spiro atoms. The van der Waals surface area contributed by atoms with Crippen LogP contribution in [-0.2, 0) is 19.6 Å². The Balaban J connectivity index is 2.05. The van der Waals surface area contributed by atoms with Gasteiger partial charge in [-0.1, -0.05) is 23.8 Å². The molecule has 156 valence electrons. The van der Waals surface area contributed by atoms with Crippen LogP contribution in [0, 0.1) is 13.8 Å². The summed E-state index contributed by atoms with van der Waals surface area (Å²) >= 11 is 0. The number of nitrogens with one attached hydrogen (secondary N) is 2. The van der Waals surface area contributed by atoms with Crippen LogP contribution in [0.2, 0.25) is 0 Å². The van der Waals surface area contributed by atoms with Gasteiger partial charge in [0.2, 0.25) is 0 Å². The van der Waals surface area contributed by atoms with E-state index in [1.54, 1.807) is 25.1 Å². The third-order valence-electron chi connectivity index (χ3n) is 4.39. The highest BCUT2D eigenvalue weighted by Crippen LogP contribution is 2.20. The smallest absolute Gasteiger partial charge is 0.305 e. The summed E-state index contributed by atoms with van der Waals surface area (Å²) in [5.74, 6) is -0.640. The van der Waals surface area contributed by atoms with Crippen LogP contribution in [0.25, 0.3) is 0 Å². The van der Waals surface area contributed by atoms with Gasteiger partial charge in [-0.25, -0.2) is 8.42 Å². The second kappa shape index (κ2) is 10.1. The molecular formula is C21H26N2O5S. The van der Waals surface area contributed by atoms with Gasteiger partial charge in [0.1, 0.15) is 0 Å². The largest absolute Gasteiger partial charge is 0.469 e. The predicted octanol–water partition coefficient (Wildman–Crippen LogP) is 3.18. The topological polar surface area (TPSA) is 102 Å². The summed E-state index contributed by atoms with van der Waals surface area (Å²) in [6.07, 6.45) is 1.51. The number of sulfonamides is 1. The van der Waals surface area contributed by atoms with Crippen molar-refractivity contribution in [3.63, 3.8) is 0 Å². The molecule has 0 fully saturated rings. The zero-order valence-corrected chi connectivity index (χ0v) is 17.6. The number of methoxy groups -OCH3 is 1. The Labute approximate surface area is 171 Å². The second-order valence-electron chi connectivity index (χ2n) is 6.74. The lowest BCUT2D eigenvalue weighted by Gasteiger charge is -2.12. The van der Waals surface area contributed by atoms with Crippen LogP contribution in [-0.4, -0.2) is 33.9 Å². The first-order valence-electron chi connectivity index (χ1n) is 9.28. The lowest BCUT2D eigenvalue weighted by atomic mass is 10.1. The van der Waals surface area contributed by atoms with E-state index < -0.39 is 10.0 Å². The number of carbonyl (C=O) groups excluding carboxylic acids is 2. The number of rotatable bonds is 9. The number of esters is 1. The lowest BCUT2D eigenvalue weighted by Crippen LogP contribution is -2.26. The third kappa shape index (κ3) is 6.60. The molecule has 0 atom stereocenters. The Kier molecular flexibility index (Phi) is 7.78. The Bertz CT molecular complexity index is 969. The zero-order chi connectivity index (χ0) is 21.4. The maximum atomic E-state index is 12.7. The molecule has 0 heterocycles. The minimum Gasteiger partial charge on any atom is -0.469 e. The van der Waals surface area contributed by atoms with Crippen molar-refractivity contribution in [1.29, 1.82) is 0 Å². The number of hydrogen-bond acceptors (Lipinski definition) is 5. The number of hydrogen-bond donors (Lipinski definition) is 2. The first kappa shape index (κ1) is 22.4. The SMILES string of the molecule is COC(=O)CCCCNC(=O)c1cc(S(=O)(=O)Nc2ccc(C)cc2)ccc1C. The van der Waals surface area contributed by atoms with E-state index >= 15 is 0 Å². The van der Waals surface area contributed by atoms with E-state index in [1.165, 1.54) is 19.2 Å². The first-order chi connectivity index (χ1) is 13.7. The molecule has 0 saturated heterocycles. The van der Waals surface area contributed by atoms with Crippen molar-refractivity contribution in [2.45, 2.75) is 38.0 Å². The monoisotopic (exact) mass is 418 g/mol. The lowest BCUT2D eigenvalue weighted by molar-refractivity contribution is -0.140. The molecule has 0 aliphatic carbocycles. The standard InChI is InChI=1S/C21H26N2O5S/c1-15-7-10-17(11-8-15)23-29(26,27)18-12-9-16(2)19(14-18)21(25)22-13-5-4-6-20(24)28-3/h7-12,14,23H,4-6,13H2,1-3H3,(H,22,25). The molecule has 0 bridgehead atoms. The number of ether oxygens (including phenoxy) is 1. The minimum absolute atomic E-state index is 0.0134. The molecule has 0 radical (unpaired) electrons. The molecule has 2 N–H and O–H groups in total. The van der Waals surface area contributed by atoms with Crippen molar-refractivity contribution < 1.29 is 22.7 Å². The fourth-order valence-corrected chi connectivity index (χ4v) is 3.73. The molecule has 2 rings (SSSR count). The summed E-state index contributed by atoms with van der Waals surface area (Å²) in [4.78, 5) is 23.6. The Morgan fingerprint density at radius 2 is 1.69 bits per heavy atom. The molecule has 2 aromatic carbocycles. The number of anilines is 1. The number of aryl methyl sites for hydroxylation is 2. The van der Waals surface area contributed by atoms with Gasteiger partial charge in [0.25, 0.3) is 15.9 Å². The highest BCUT2D eigenvalue weighted by Gasteiger charge is 2.18. The molecule has 1 amide bonds. The van der Waals surface area contributed by atoms with Crippen LogP contribution in [0.15, 0.2) is 47.4 Å². The number of carbonyl (C=O) groups is 2.